The number of nitrogens with zero attached hydrogens (tertiary/aromatic N) is 4. The molecule has 0 unspecified atom stereocenters. The Balaban J connectivity index is 1.78. The van der Waals surface area contributed by atoms with Crippen LogP contribution in [0.1, 0.15) is 38.1 Å². The molecule has 0 amide bonds. The van der Waals surface area contributed by atoms with Crippen molar-refractivity contribution in [1.82, 2.24) is 24.7 Å². The maximum absolute atomic E-state index is 6.68. The van der Waals surface area contributed by atoms with E-state index in [1.807, 2.05) is 28.9 Å². The zero-order valence-corrected chi connectivity index (χ0v) is 15.0. The fraction of sp³-hybridized carbons (Fsp3) is 0.316. The van der Waals surface area contributed by atoms with E-state index in [-0.39, 0.29) is 0 Å². The number of hydrogen-bond acceptors (Lipinski definition) is 4. The van der Waals surface area contributed by atoms with Gasteiger partial charge in [-0.15, -0.1) is 0 Å². The molecule has 1 aromatic carbocycles. The highest BCUT2D eigenvalue weighted by atomic mass is 35.5. The first-order valence-electron chi connectivity index (χ1n) is 8.99. The lowest BCUT2D eigenvalue weighted by molar-refractivity contribution is 0.336. The normalized spacial score (nSPS) is 15.9. The van der Waals surface area contributed by atoms with Gasteiger partial charge in [-0.25, -0.2) is 14.6 Å². The molecule has 0 saturated heterocycles. The summed E-state index contributed by atoms with van der Waals surface area (Å²) in [6.07, 6.45) is 7.45. The highest BCUT2D eigenvalue weighted by Gasteiger charge is 2.25. The maximum Gasteiger partial charge on any atom is 0.164 e. The number of aromatic nitrogens is 5. The largest absolute Gasteiger partial charge is 0.383 e. The van der Waals surface area contributed by atoms with Gasteiger partial charge in [-0.2, -0.15) is 5.10 Å². The summed E-state index contributed by atoms with van der Waals surface area (Å²) in [7, 11) is 0. The van der Waals surface area contributed by atoms with Crippen LogP contribution in [-0.4, -0.2) is 24.7 Å². The second kappa shape index (κ2) is 5.99. The lowest BCUT2D eigenvalue weighted by Gasteiger charge is -2.22. The lowest BCUT2D eigenvalue weighted by Crippen LogP contribution is -2.14. The van der Waals surface area contributed by atoms with Crippen LogP contribution in [0.25, 0.3) is 33.3 Å². The van der Waals surface area contributed by atoms with E-state index in [2.05, 4.69) is 15.0 Å². The van der Waals surface area contributed by atoms with Gasteiger partial charge in [0.05, 0.1) is 22.1 Å². The zero-order valence-electron chi connectivity index (χ0n) is 14.2. The van der Waals surface area contributed by atoms with E-state index in [1.165, 1.54) is 25.6 Å². The van der Waals surface area contributed by atoms with Gasteiger partial charge >= 0.3 is 0 Å². The summed E-state index contributed by atoms with van der Waals surface area (Å²) in [6.45, 7) is 0. The average Bonchev–Trinajstić information content (AvgIpc) is 3.22. The van der Waals surface area contributed by atoms with Gasteiger partial charge in [0.2, 0.25) is 0 Å². The van der Waals surface area contributed by atoms with E-state index >= 15 is 0 Å². The number of fused-ring (bicyclic) bond motifs is 2. The first-order valence-corrected chi connectivity index (χ1v) is 9.37. The second-order valence-corrected chi connectivity index (χ2v) is 7.28. The minimum Gasteiger partial charge on any atom is -0.383 e. The van der Waals surface area contributed by atoms with E-state index in [1.54, 1.807) is 0 Å². The minimum absolute atomic E-state index is 0.345. The molecule has 0 bridgehead atoms. The molecular weight excluding hydrogens is 348 g/mol. The van der Waals surface area contributed by atoms with Crippen molar-refractivity contribution in [3.63, 3.8) is 0 Å². The first kappa shape index (κ1) is 15.6. The van der Waals surface area contributed by atoms with Gasteiger partial charge in [0.1, 0.15) is 17.8 Å². The van der Waals surface area contributed by atoms with E-state index in [0.717, 1.165) is 46.2 Å². The Morgan fingerprint density at radius 1 is 1.12 bits per heavy atom. The highest BCUT2D eigenvalue weighted by Crippen LogP contribution is 2.40. The number of aromatic amines is 1. The topological polar surface area (TPSA) is 85.4 Å². The van der Waals surface area contributed by atoms with Gasteiger partial charge in [-0.3, -0.25) is 0 Å². The Bertz CT molecular complexity index is 1110. The molecule has 1 saturated carbocycles. The van der Waals surface area contributed by atoms with Crippen molar-refractivity contribution in [2.45, 2.75) is 38.1 Å². The number of nitrogens with one attached hydrogen (secondary N) is 1. The van der Waals surface area contributed by atoms with Gasteiger partial charge in [0.15, 0.2) is 5.65 Å². The van der Waals surface area contributed by atoms with Crippen molar-refractivity contribution in [1.29, 1.82) is 0 Å². The number of anilines is 1. The molecule has 0 atom stereocenters. The standard InChI is InChI=1S/C19H19ClN6/c20-15-12-8-4-5-9-13(12)24-17(15)16-14-18(21)22-10-23-19(14)26(25-16)11-6-2-1-3-7-11/h4-5,8-11,24H,1-3,6-7H2,(H2,21,22,23). The Morgan fingerprint density at radius 2 is 1.92 bits per heavy atom. The van der Waals surface area contributed by atoms with Crippen LogP contribution in [0.3, 0.4) is 0 Å². The second-order valence-electron chi connectivity index (χ2n) is 6.90. The van der Waals surface area contributed by atoms with Gasteiger partial charge in [-0.1, -0.05) is 49.1 Å². The predicted molar refractivity (Wildman–Crippen MR) is 104 cm³/mol. The molecule has 26 heavy (non-hydrogen) atoms. The molecule has 3 N–H and O–H groups in total. The first-order chi connectivity index (χ1) is 12.7. The molecule has 7 heteroatoms. The molecule has 1 aliphatic carbocycles. The van der Waals surface area contributed by atoms with Crippen LogP contribution in [-0.2, 0) is 0 Å². The monoisotopic (exact) mass is 366 g/mol. The van der Waals surface area contributed by atoms with E-state index in [9.17, 15) is 0 Å². The number of nitrogen functional groups attached to an aromatic ring is 1. The number of nitrogens with two attached hydrogens (primary N) is 1. The van der Waals surface area contributed by atoms with Crippen LogP contribution in [0.4, 0.5) is 5.82 Å². The molecule has 0 radical (unpaired) electrons. The quantitative estimate of drug-likeness (QED) is 0.537. The molecule has 3 heterocycles. The Hall–Kier alpha value is -2.60. The summed E-state index contributed by atoms with van der Waals surface area (Å²) >= 11 is 6.68. The van der Waals surface area contributed by atoms with Crippen molar-refractivity contribution in [2.24, 2.45) is 0 Å². The number of halogens is 1. The summed E-state index contributed by atoms with van der Waals surface area (Å²) in [5.74, 6) is 0.432. The highest BCUT2D eigenvalue weighted by molar-refractivity contribution is 6.38. The van der Waals surface area contributed by atoms with Gasteiger partial charge < -0.3 is 10.7 Å². The Kier molecular flexibility index (Phi) is 3.60. The molecule has 0 aliphatic heterocycles. The zero-order chi connectivity index (χ0) is 17.7. The molecule has 4 aromatic rings. The number of benzene rings is 1. The van der Waals surface area contributed by atoms with Crippen molar-refractivity contribution < 1.29 is 0 Å². The third-order valence-electron chi connectivity index (χ3n) is 5.32. The summed E-state index contributed by atoms with van der Waals surface area (Å²) in [5.41, 5.74) is 9.48. The minimum atomic E-state index is 0.345. The molecule has 1 fully saturated rings. The molecule has 6 nitrogen and oxygen atoms in total. The van der Waals surface area contributed by atoms with Crippen LogP contribution < -0.4 is 5.73 Å². The van der Waals surface area contributed by atoms with Crippen LogP contribution >= 0.6 is 11.6 Å². The van der Waals surface area contributed by atoms with Crippen LogP contribution in [0.5, 0.6) is 0 Å². The van der Waals surface area contributed by atoms with Crippen LogP contribution in [0.2, 0.25) is 5.02 Å². The lowest BCUT2D eigenvalue weighted by atomic mass is 9.96. The predicted octanol–water partition coefficient (Wildman–Crippen LogP) is 4.72. The smallest absolute Gasteiger partial charge is 0.164 e. The number of hydrogen-bond donors (Lipinski definition) is 2. The van der Waals surface area contributed by atoms with Gasteiger partial charge in [0, 0.05) is 10.9 Å². The van der Waals surface area contributed by atoms with Crippen molar-refractivity contribution in [3.8, 4) is 11.4 Å². The van der Waals surface area contributed by atoms with E-state index in [4.69, 9.17) is 22.4 Å². The number of para-hydroxylation sites is 1. The summed E-state index contributed by atoms with van der Waals surface area (Å²) in [4.78, 5) is 12.1. The Morgan fingerprint density at radius 3 is 2.73 bits per heavy atom. The Labute approximate surface area is 155 Å². The van der Waals surface area contributed by atoms with Gasteiger partial charge in [0.25, 0.3) is 0 Å². The molecule has 1 aliphatic rings. The fourth-order valence-electron chi connectivity index (χ4n) is 4.02. The molecule has 3 aromatic heterocycles. The summed E-state index contributed by atoms with van der Waals surface area (Å²) in [6, 6.07) is 8.30. The summed E-state index contributed by atoms with van der Waals surface area (Å²) < 4.78 is 2.03. The number of H-pyrrole nitrogens is 1. The van der Waals surface area contributed by atoms with Crippen molar-refractivity contribution in [3.05, 3.63) is 35.6 Å². The van der Waals surface area contributed by atoms with Gasteiger partial charge in [-0.05, 0) is 18.9 Å². The van der Waals surface area contributed by atoms with Crippen molar-refractivity contribution in [2.75, 3.05) is 5.73 Å². The SMILES string of the molecule is Nc1ncnc2c1c(-c1[nH]c3ccccc3c1Cl)nn2C1CCCCC1. The van der Waals surface area contributed by atoms with Crippen LogP contribution in [0, 0.1) is 0 Å². The summed E-state index contributed by atoms with van der Waals surface area (Å²) in [5, 5.41) is 7.31. The van der Waals surface area contributed by atoms with Crippen LogP contribution in [0.15, 0.2) is 30.6 Å². The number of rotatable bonds is 2. The molecule has 5 rings (SSSR count). The van der Waals surface area contributed by atoms with Crippen molar-refractivity contribution >= 4 is 39.4 Å². The molecular formula is C19H19ClN6. The average molecular weight is 367 g/mol. The molecule has 132 valence electrons. The van der Waals surface area contributed by atoms with E-state index in [0.29, 0.717) is 16.9 Å². The maximum atomic E-state index is 6.68. The third-order valence-corrected chi connectivity index (χ3v) is 5.71. The fourth-order valence-corrected chi connectivity index (χ4v) is 4.32. The molecule has 0 spiro atoms. The van der Waals surface area contributed by atoms with E-state index < -0.39 is 0 Å². The third kappa shape index (κ3) is 2.29.